The summed E-state index contributed by atoms with van der Waals surface area (Å²) in [6.07, 6.45) is 1.72. The summed E-state index contributed by atoms with van der Waals surface area (Å²) in [5.74, 6) is -2.45. The first-order valence-corrected chi connectivity index (χ1v) is 6.48. The van der Waals surface area contributed by atoms with Gasteiger partial charge in [0.25, 0.3) is 0 Å². The molecule has 4 nitrogen and oxygen atoms in total. The Morgan fingerprint density at radius 3 is 2.71 bits per heavy atom. The lowest BCUT2D eigenvalue weighted by molar-refractivity contribution is -0.482. The maximum absolute atomic E-state index is 13.5. The van der Waals surface area contributed by atoms with Crippen molar-refractivity contribution in [2.75, 3.05) is 0 Å². The Morgan fingerprint density at radius 1 is 1.24 bits per heavy atom. The summed E-state index contributed by atoms with van der Waals surface area (Å²) in [7, 11) is 0. The van der Waals surface area contributed by atoms with Crippen molar-refractivity contribution < 1.29 is 23.8 Å². The second kappa shape index (κ2) is 4.70. The smallest absolute Gasteiger partial charge is 0.311 e. The third-order valence-corrected chi connectivity index (χ3v) is 3.67. The van der Waals surface area contributed by atoms with Crippen molar-refractivity contribution in [2.45, 2.75) is 12.8 Å². The monoisotopic (exact) mass is 286 g/mol. The number of nitrogens with zero attached hydrogens (tertiary/aromatic N) is 1. The van der Waals surface area contributed by atoms with Crippen LogP contribution in [0.3, 0.4) is 0 Å². The minimum absolute atomic E-state index is 0.119. The zero-order valence-corrected chi connectivity index (χ0v) is 11.2. The molecule has 0 fully saturated rings. The molecule has 0 saturated carbocycles. The third kappa shape index (κ3) is 1.98. The zero-order valence-electron chi connectivity index (χ0n) is 11.2. The van der Waals surface area contributed by atoms with Gasteiger partial charge in [-0.3, -0.25) is 4.79 Å². The van der Waals surface area contributed by atoms with Crippen LogP contribution in [0.25, 0.3) is 16.4 Å². The Kier molecular flexibility index (Phi) is 2.97. The molecule has 0 amide bonds. The fourth-order valence-corrected chi connectivity index (χ4v) is 2.59. The van der Waals surface area contributed by atoms with Crippen molar-refractivity contribution in [1.29, 1.82) is 0 Å². The molecular formula is C16H13FNO3+. The standard InChI is InChI=1S/C16H12FNO3/c1-9(16(20)21)14-12-4-2-3-7-18(12)13-8-10(17)5-6-11(13)15(14)19/h2-9H,1H3,(H,20,21)/p+1. The number of carboxylic acid groups (broad SMARTS) is 1. The van der Waals surface area contributed by atoms with Gasteiger partial charge >= 0.3 is 5.97 Å². The lowest BCUT2D eigenvalue weighted by Crippen LogP contribution is -2.25. The minimum atomic E-state index is -1.03. The second-order valence-corrected chi connectivity index (χ2v) is 4.94. The summed E-state index contributed by atoms with van der Waals surface area (Å²) in [5, 5.41) is 20.1. The number of aromatic nitrogens is 1. The van der Waals surface area contributed by atoms with Gasteiger partial charge in [-0.1, -0.05) is 0 Å². The summed E-state index contributed by atoms with van der Waals surface area (Å²) < 4.78 is 15.2. The normalized spacial score (nSPS) is 12.7. The molecule has 0 bridgehead atoms. The summed E-state index contributed by atoms with van der Waals surface area (Å²) in [6, 6.07) is 9.24. The average Bonchev–Trinajstić information content (AvgIpc) is 2.47. The number of hydrogen-bond acceptors (Lipinski definition) is 2. The van der Waals surface area contributed by atoms with Gasteiger partial charge in [0, 0.05) is 18.2 Å². The topological polar surface area (TPSA) is 61.6 Å². The minimum Gasteiger partial charge on any atom is -0.506 e. The van der Waals surface area contributed by atoms with Gasteiger partial charge in [0.05, 0.1) is 16.9 Å². The molecule has 3 rings (SSSR count). The molecule has 1 unspecified atom stereocenters. The highest BCUT2D eigenvalue weighted by atomic mass is 19.1. The van der Waals surface area contributed by atoms with Crippen LogP contribution in [0, 0.1) is 5.82 Å². The fourth-order valence-electron chi connectivity index (χ4n) is 2.59. The number of carbonyl (C=O) groups is 1. The van der Waals surface area contributed by atoms with Crippen LogP contribution in [0.1, 0.15) is 18.4 Å². The van der Waals surface area contributed by atoms with Crippen LogP contribution in [0.2, 0.25) is 0 Å². The summed E-state index contributed by atoms with van der Waals surface area (Å²) in [5.41, 5.74) is 1.36. The van der Waals surface area contributed by atoms with Gasteiger partial charge in [-0.25, -0.2) is 4.39 Å². The van der Waals surface area contributed by atoms with Crippen LogP contribution in [-0.2, 0) is 4.79 Å². The Labute approximate surface area is 119 Å². The maximum atomic E-state index is 13.5. The van der Waals surface area contributed by atoms with Gasteiger partial charge in [-0.15, -0.1) is 0 Å². The molecule has 1 aromatic carbocycles. The van der Waals surface area contributed by atoms with Gasteiger partial charge in [0.1, 0.15) is 11.6 Å². The van der Waals surface area contributed by atoms with Crippen LogP contribution in [0.4, 0.5) is 4.39 Å². The van der Waals surface area contributed by atoms with Crippen LogP contribution >= 0.6 is 0 Å². The molecule has 0 aliphatic rings. The van der Waals surface area contributed by atoms with Crippen molar-refractivity contribution in [3.8, 4) is 5.75 Å². The van der Waals surface area contributed by atoms with E-state index in [0.717, 1.165) is 0 Å². The summed E-state index contributed by atoms with van der Waals surface area (Å²) in [4.78, 5) is 11.3. The van der Waals surface area contributed by atoms with E-state index in [4.69, 9.17) is 0 Å². The highest BCUT2D eigenvalue weighted by Gasteiger charge is 2.28. The van der Waals surface area contributed by atoms with E-state index in [1.165, 1.54) is 25.1 Å². The lowest BCUT2D eigenvalue weighted by atomic mass is 9.96. The van der Waals surface area contributed by atoms with E-state index in [1.54, 1.807) is 28.8 Å². The largest absolute Gasteiger partial charge is 0.506 e. The maximum Gasteiger partial charge on any atom is 0.311 e. The van der Waals surface area contributed by atoms with Crippen molar-refractivity contribution in [2.24, 2.45) is 0 Å². The number of aliphatic carboxylic acids is 1. The first kappa shape index (κ1) is 13.3. The molecule has 0 saturated heterocycles. The van der Waals surface area contributed by atoms with E-state index in [0.29, 0.717) is 22.0 Å². The second-order valence-electron chi connectivity index (χ2n) is 4.94. The van der Waals surface area contributed by atoms with E-state index in [2.05, 4.69) is 0 Å². The Morgan fingerprint density at radius 2 is 2.00 bits per heavy atom. The summed E-state index contributed by atoms with van der Waals surface area (Å²) >= 11 is 0. The molecule has 106 valence electrons. The molecule has 5 heteroatoms. The molecular weight excluding hydrogens is 273 g/mol. The van der Waals surface area contributed by atoms with Gasteiger partial charge in [-0.2, -0.15) is 4.40 Å². The van der Waals surface area contributed by atoms with E-state index in [-0.39, 0.29) is 5.75 Å². The molecule has 0 aliphatic heterocycles. The SMILES string of the molecule is CC(C(=O)O)c1c(O)c2ccc(F)cc2[n+]2ccccc12. The van der Waals surface area contributed by atoms with Crippen LogP contribution in [-0.4, -0.2) is 16.2 Å². The van der Waals surface area contributed by atoms with Gasteiger partial charge in [0.15, 0.2) is 6.20 Å². The number of benzene rings is 1. The van der Waals surface area contributed by atoms with Gasteiger partial charge in [0.2, 0.25) is 11.0 Å². The van der Waals surface area contributed by atoms with E-state index in [9.17, 15) is 19.4 Å². The number of pyridine rings is 2. The third-order valence-electron chi connectivity index (χ3n) is 3.67. The number of rotatable bonds is 2. The molecule has 2 N–H and O–H groups in total. The Hall–Kier alpha value is -2.69. The molecule has 0 aliphatic carbocycles. The van der Waals surface area contributed by atoms with Gasteiger partial charge in [-0.05, 0) is 25.1 Å². The number of hydrogen-bond donors (Lipinski definition) is 2. The molecule has 21 heavy (non-hydrogen) atoms. The first-order valence-electron chi connectivity index (χ1n) is 6.48. The Bertz CT molecular complexity index is 876. The molecule has 0 spiro atoms. The summed E-state index contributed by atoms with van der Waals surface area (Å²) in [6.45, 7) is 1.51. The number of aromatic hydroxyl groups is 1. The fraction of sp³-hybridized carbons (Fsp3) is 0.125. The molecule has 0 radical (unpaired) electrons. The van der Waals surface area contributed by atoms with Crippen LogP contribution in [0.15, 0.2) is 42.6 Å². The van der Waals surface area contributed by atoms with E-state index in [1.807, 2.05) is 0 Å². The quantitative estimate of drug-likeness (QED) is 0.562. The molecule has 1 atom stereocenters. The van der Waals surface area contributed by atoms with Gasteiger partial charge < -0.3 is 10.2 Å². The zero-order chi connectivity index (χ0) is 15.1. The molecule has 2 heterocycles. The highest BCUT2D eigenvalue weighted by molar-refractivity contribution is 5.90. The number of carboxylic acids is 1. The van der Waals surface area contributed by atoms with Crippen molar-refractivity contribution >= 4 is 22.4 Å². The first-order chi connectivity index (χ1) is 10.0. The van der Waals surface area contributed by atoms with Crippen LogP contribution < -0.4 is 4.40 Å². The van der Waals surface area contributed by atoms with E-state index >= 15 is 0 Å². The van der Waals surface area contributed by atoms with Crippen molar-refractivity contribution in [3.05, 3.63) is 54.0 Å². The molecule has 3 aromatic rings. The Balaban J connectivity index is 2.54. The van der Waals surface area contributed by atoms with Crippen molar-refractivity contribution in [1.82, 2.24) is 0 Å². The number of fused-ring (bicyclic) bond motifs is 3. The number of halogens is 1. The molecule has 2 aromatic heterocycles. The van der Waals surface area contributed by atoms with E-state index < -0.39 is 17.7 Å². The lowest BCUT2D eigenvalue weighted by Gasteiger charge is -2.11. The highest BCUT2D eigenvalue weighted by Crippen LogP contribution is 2.34. The predicted octanol–water partition coefficient (Wildman–Crippen LogP) is 2.61. The average molecular weight is 286 g/mol. The predicted molar refractivity (Wildman–Crippen MR) is 74.8 cm³/mol. The van der Waals surface area contributed by atoms with Crippen molar-refractivity contribution in [3.63, 3.8) is 0 Å². The van der Waals surface area contributed by atoms with Crippen LogP contribution in [0.5, 0.6) is 5.75 Å².